The van der Waals surface area contributed by atoms with Crippen molar-refractivity contribution in [2.45, 2.75) is 26.2 Å². The van der Waals surface area contributed by atoms with Crippen LogP contribution in [0.25, 0.3) is 0 Å². The second-order valence-corrected chi connectivity index (χ2v) is 4.37. The molecule has 0 saturated carbocycles. The Morgan fingerprint density at radius 2 is 2.12 bits per heavy atom. The molecule has 0 spiro atoms. The van der Waals surface area contributed by atoms with Gasteiger partial charge in [0.15, 0.2) is 5.75 Å². The van der Waals surface area contributed by atoms with Crippen LogP contribution in [0, 0.1) is 0 Å². The van der Waals surface area contributed by atoms with Crippen molar-refractivity contribution in [2.24, 2.45) is 0 Å². The maximum atomic E-state index is 11.6. The van der Waals surface area contributed by atoms with Crippen LogP contribution in [0.1, 0.15) is 30.9 Å². The maximum absolute atomic E-state index is 11.6. The Morgan fingerprint density at radius 1 is 1.50 bits per heavy atom. The molecule has 0 aromatic heterocycles. The van der Waals surface area contributed by atoms with Gasteiger partial charge in [0.1, 0.15) is 0 Å². The molecular formula is C13H15ClO2. The highest BCUT2D eigenvalue weighted by molar-refractivity contribution is 6.31. The number of rotatable bonds is 3. The van der Waals surface area contributed by atoms with Crippen molar-refractivity contribution in [1.29, 1.82) is 0 Å². The van der Waals surface area contributed by atoms with Crippen molar-refractivity contribution in [3.05, 3.63) is 51.2 Å². The van der Waals surface area contributed by atoms with Gasteiger partial charge in [0, 0.05) is 0 Å². The first-order valence-corrected chi connectivity index (χ1v) is 5.51. The van der Waals surface area contributed by atoms with E-state index < -0.39 is 5.43 Å². The Balaban J connectivity index is 3.57. The molecule has 0 atom stereocenters. The van der Waals surface area contributed by atoms with Gasteiger partial charge in [-0.25, -0.2) is 0 Å². The fourth-order valence-electron chi connectivity index (χ4n) is 1.43. The predicted molar refractivity (Wildman–Crippen MR) is 67.4 cm³/mol. The van der Waals surface area contributed by atoms with Gasteiger partial charge in [0.05, 0.1) is 5.02 Å². The summed E-state index contributed by atoms with van der Waals surface area (Å²) in [5.41, 5.74) is 1.06. The summed E-state index contributed by atoms with van der Waals surface area (Å²) in [7, 11) is 0. The summed E-state index contributed by atoms with van der Waals surface area (Å²) in [6, 6.07) is 3.32. The first-order chi connectivity index (χ1) is 7.47. The smallest absolute Gasteiger partial charge is 0.238 e. The third-order valence-electron chi connectivity index (χ3n) is 2.39. The first kappa shape index (κ1) is 12.8. The van der Waals surface area contributed by atoms with Gasteiger partial charge < -0.3 is 5.11 Å². The zero-order valence-electron chi connectivity index (χ0n) is 9.46. The summed E-state index contributed by atoms with van der Waals surface area (Å²) < 4.78 is 0. The maximum Gasteiger partial charge on any atom is 0.238 e. The van der Waals surface area contributed by atoms with Crippen molar-refractivity contribution >= 4 is 11.6 Å². The minimum Gasteiger partial charge on any atom is -0.504 e. The van der Waals surface area contributed by atoms with E-state index in [-0.39, 0.29) is 16.7 Å². The first-order valence-electron chi connectivity index (χ1n) is 5.13. The Labute approximate surface area is 100 Å². The minimum atomic E-state index is -0.523. The van der Waals surface area contributed by atoms with E-state index in [1.165, 1.54) is 6.07 Å². The molecule has 0 radical (unpaired) electrons. The number of hydrogen-bond acceptors (Lipinski definition) is 2. The molecule has 3 heteroatoms. The van der Waals surface area contributed by atoms with Crippen molar-refractivity contribution < 1.29 is 5.11 Å². The molecule has 2 nitrogen and oxygen atoms in total. The molecule has 0 bridgehead atoms. The van der Waals surface area contributed by atoms with Gasteiger partial charge in [-0.05, 0) is 29.5 Å². The number of aromatic hydroxyl groups is 1. The van der Waals surface area contributed by atoms with Crippen LogP contribution in [0.3, 0.4) is 0 Å². The molecule has 0 aliphatic heterocycles. The molecular weight excluding hydrogens is 224 g/mol. The largest absolute Gasteiger partial charge is 0.504 e. The van der Waals surface area contributed by atoms with E-state index in [1.54, 1.807) is 6.08 Å². The molecule has 16 heavy (non-hydrogen) atoms. The minimum absolute atomic E-state index is 0.0734. The average molecular weight is 239 g/mol. The normalized spacial score (nSPS) is 10.5. The highest BCUT2D eigenvalue weighted by atomic mass is 35.5. The van der Waals surface area contributed by atoms with Gasteiger partial charge in [0.25, 0.3) is 0 Å². The van der Waals surface area contributed by atoms with Gasteiger partial charge in [-0.2, -0.15) is 0 Å². The molecule has 0 heterocycles. The molecule has 1 aromatic carbocycles. The molecule has 0 fully saturated rings. The van der Waals surface area contributed by atoms with E-state index in [1.807, 2.05) is 19.9 Å². The molecule has 0 aliphatic carbocycles. The number of allylic oxidation sites excluding steroid dienone is 1. The van der Waals surface area contributed by atoms with E-state index >= 15 is 0 Å². The Morgan fingerprint density at radius 3 is 2.62 bits per heavy atom. The van der Waals surface area contributed by atoms with E-state index in [9.17, 15) is 9.90 Å². The monoisotopic (exact) mass is 238 g/mol. The van der Waals surface area contributed by atoms with Crippen molar-refractivity contribution in [3.8, 4) is 5.75 Å². The average Bonchev–Trinajstić information content (AvgIpc) is 2.33. The van der Waals surface area contributed by atoms with Crippen LogP contribution in [0.5, 0.6) is 5.75 Å². The van der Waals surface area contributed by atoms with Crippen LogP contribution in [0.2, 0.25) is 5.02 Å². The van der Waals surface area contributed by atoms with Crippen LogP contribution >= 0.6 is 11.6 Å². The molecule has 1 rings (SSSR count). The summed E-state index contributed by atoms with van der Waals surface area (Å²) >= 11 is 5.92. The molecule has 0 unspecified atom stereocenters. The molecule has 1 N–H and O–H groups in total. The third-order valence-corrected chi connectivity index (χ3v) is 2.80. The lowest BCUT2D eigenvalue weighted by atomic mass is 10.0. The Hall–Kier alpha value is -1.28. The van der Waals surface area contributed by atoms with E-state index in [0.29, 0.717) is 12.0 Å². The van der Waals surface area contributed by atoms with Crippen molar-refractivity contribution in [2.75, 3.05) is 0 Å². The number of halogens is 1. The summed E-state index contributed by atoms with van der Waals surface area (Å²) in [4.78, 5) is 11.6. The topological polar surface area (TPSA) is 37.3 Å². The molecule has 0 saturated heterocycles. The summed E-state index contributed by atoms with van der Waals surface area (Å²) in [6.45, 7) is 7.60. The lowest BCUT2D eigenvalue weighted by Crippen LogP contribution is -1.99. The van der Waals surface area contributed by atoms with Crippen LogP contribution < -0.4 is 5.43 Å². The van der Waals surface area contributed by atoms with Crippen LogP contribution in [0.4, 0.5) is 0 Å². The standard InChI is InChI=1S/C13H15ClO2/c1-4-5-9-6-10(8(2)3)7-11(15)13(16)12(9)14/h4,6-8H,1,5H2,2-3H3,(H,15,16). The Bertz CT molecular complexity index is 464. The summed E-state index contributed by atoms with van der Waals surface area (Å²) in [5, 5.41) is 9.63. The second kappa shape index (κ2) is 5.17. The van der Waals surface area contributed by atoms with E-state index in [4.69, 9.17) is 11.6 Å². The highest BCUT2D eigenvalue weighted by Crippen LogP contribution is 2.22. The Kier molecular flexibility index (Phi) is 4.13. The fraction of sp³-hybridized carbons (Fsp3) is 0.308. The van der Waals surface area contributed by atoms with Crippen molar-refractivity contribution in [3.63, 3.8) is 0 Å². The van der Waals surface area contributed by atoms with Crippen molar-refractivity contribution in [1.82, 2.24) is 0 Å². The third kappa shape index (κ3) is 2.64. The predicted octanol–water partition coefficient (Wildman–Crippen LogP) is 3.26. The highest BCUT2D eigenvalue weighted by Gasteiger charge is 2.09. The van der Waals surface area contributed by atoms with Crippen LogP contribution in [-0.2, 0) is 6.42 Å². The fourth-order valence-corrected chi connectivity index (χ4v) is 1.65. The van der Waals surface area contributed by atoms with E-state index in [0.717, 1.165) is 5.56 Å². The van der Waals surface area contributed by atoms with Crippen LogP contribution in [0.15, 0.2) is 29.6 Å². The molecule has 0 aliphatic rings. The van der Waals surface area contributed by atoms with E-state index in [2.05, 4.69) is 6.58 Å². The summed E-state index contributed by atoms with van der Waals surface area (Å²) in [6.07, 6.45) is 2.20. The zero-order valence-corrected chi connectivity index (χ0v) is 10.2. The molecule has 1 aromatic rings. The lowest BCUT2D eigenvalue weighted by molar-refractivity contribution is 0.470. The van der Waals surface area contributed by atoms with Gasteiger partial charge in [0.2, 0.25) is 5.43 Å². The van der Waals surface area contributed by atoms with Gasteiger partial charge in [-0.15, -0.1) is 6.58 Å². The van der Waals surface area contributed by atoms with Gasteiger partial charge >= 0.3 is 0 Å². The second-order valence-electron chi connectivity index (χ2n) is 3.99. The lowest BCUT2D eigenvalue weighted by Gasteiger charge is -2.02. The van der Waals surface area contributed by atoms with Gasteiger partial charge in [-0.3, -0.25) is 4.79 Å². The zero-order chi connectivity index (χ0) is 12.3. The quantitative estimate of drug-likeness (QED) is 0.821. The van der Waals surface area contributed by atoms with Crippen LogP contribution in [-0.4, -0.2) is 5.11 Å². The SMILES string of the molecule is C=CCc1cc(C(C)C)cc(O)c(=O)c1Cl. The molecule has 86 valence electrons. The molecule has 0 amide bonds. The van der Waals surface area contributed by atoms with Gasteiger partial charge in [-0.1, -0.05) is 37.6 Å². The summed E-state index contributed by atoms with van der Waals surface area (Å²) in [5.74, 6) is -0.0821. The number of hydrogen-bond donors (Lipinski definition) is 1.